The molecule has 0 fully saturated rings. The van der Waals surface area contributed by atoms with Crippen LogP contribution < -0.4 is 5.32 Å². The second-order valence-electron chi connectivity index (χ2n) is 7.21. The second kappa shape index (κ2) is 8.85. The summed E-state index contributed by atoms with van der Waals surface area (Å²) < 4.78 is 2.27. The van der Waals surface area contributed by atoms with E-state index >= 15 is 0 Å². The number of fused-ring (bicyclic) bond motifs is 1. The van der Waals surface area contributed by atoms with E-state index in [2.05, 4.69) is 22.9 Å². The molecule has 4 nitrogen and oxygen atoms in total. The number of hydrogen-bond acceptors (Lipinski definition) is 2. The molecule has 27 heavy (non-hydrogen) atoms. The Morgan fingerprint density at radius 3 is 2.63 bits per heavy atom. The molecule has 0 aliphatic heterocycles. The van der Waals surface area contributed by atoms with E-state index in [0.717, 1.165) is 41.0 Å². The maximum absolute atomic E-state index is 12.6. The fourth-order valence-electron chi connectivity index (χ4n) is 3.52. The Bertz CT molecular complexity index is 913. The smallest absolute Gasteiger partial charge is 0.225 e. The number of benzene rings is 2. The van der Waals surface area contributed by atoms with Gasteiger partial charge in [0.1, 0.15) is 5.82 Å². The van der Waals surface area contributed by atoms with E-state index in [0.29, 0.717) is 6.42 Å². The molecular formula is C23H29N3O. The van der Waals surface area contributed by atoms with Crippen LogP contribution in [0.5, 0.6) is 0 Å². The van der Waals surface area contributed by atoms with E-state index in [-0.39, 0.29) is 11.9 Å². The van der Waals surface area contributed by atoms with E-state index in [1.54, 1.807) is 0 Å². The van der Waals surface area contributed by atoms with Crippen molar-refractivity contribution in [1.82, 2.24) is 14.9 Å². The lowest BCUT2D eigenvalue weighted by Gasteiger charge is -2.17. The van der Waals surface area contributed by atoms with Crippen LogP contribution in [0.25, 0.3) is 11.0 Å². The molecule has 1 atom stereocenters. The van der Waals surface area contributed by atoms with Crippen LogP contribution in [0.4, 0.5) is 0 Å². The Morgan fingerprint density at radius 2 is 1.85 bits per heavy atom. The number of hydrogen-bond donors (Lipinski definition) is 1. The Labute approximate surface area is 161 Å². The van der Waals surface area contributed by atoms with Crippen molar-refractivity contribution in [2.75, 3.05) is 0 Å². The second-order valence-corrected chi connectivity index (χ2v) is 7.21. The number of unbranched alkanes of at least 4 members (excludes halogenated alkanes) is 2. The van der Waals surface area contributed by atoms with Gasteiger partial charge in [-0.25, -0.2) is 4.98 Å². The van der Waals surface area contributed by atoms with Crippen molar-refractivity contribution in [2.24, 2.45) is 0 Å². The highest BCUT2D eigenvalue weighted by Crippen LogP contribution is 2.22. The average Bonchev–Trinajstić information content (AvgIpc) is 3.03. The summed E-state index contributed by atoms with van der Waals surface area (Å²) in [7, 11) is 0. The van der Waals surface area contributed by atoms with Crippen molar-refractivity contribution in [1.29, 1.82) is 0 Å². The first-order valence-electron chi connectivity index (χ1n) is 9.89. The van der Waals surface area contributed by atoms with E-state index in [1.165, 1.54) is 12.8 Å². The molecule has 0 bridgehead atoms. The quantitative estimate of drug-likeness (QED) is 0.575. The van der Waals surface area contributed by atoms with Crippen LogP contribution in [0.2, 0.25) is 0 Å². The molecule has 3 aromatic rings. The number of nitrogens with zero attached hydrogens (tertiary/aromatic N) is 2. The molecule has 1 heterocycles. The number of aryl methyl sites for hydroxylation is 2. The first kappa shape index (κ1) is 19.2. The lowest BCUT2D eigenvalue weighted by Crippen LogP contribution is -2.30. The van der Waals surface area contributed by atoms with Crippen LogP contribution in [0.15, 0.2) is 48.5 Å². The van der Waals surface area contributed by atoms with E-state index in [1.807, 2.05) is 56.3 Å². The summed E-state index contributed by atoms with van der Waals surface area (Å²) in [6.07, 6.45) is 3.89. The number of rotatable bonds is 8. The van der Waals surface area contributed by atoms with Gasteiger partial charge in [-0.05, 0) is 43.5 Å². The van der Waals surface area contributed by atoms with Gasteiger partial charge in [0.05, 0.1) is 23.5 Å². The van der Waals surface area contributed by atoms with Gasteiger partial charge in [0, 0.05) is 6.54 Å². The third-order valence-electron chi connectivity index (χ3n) is 5.05. The molecule has 3 rings (SSSR count). The Kier molecular flexibility index (Phi) is 6.28. The number of imidazole rings is 1. The van der Waals surface area contributed by atoms with Crippen LogP contribution in [0.3, 0.4) is 0 Å². The molecule has 1 amide bonds. The highest BCUT2D eigenvalue weighted by Gasteiger charge is 2.18. The summed E-state index contributed by atoms with van der Waals surface area (Å²) in [5, 5.41) is 3.14. The summed E-state index contributed by atoms with van der Waals surface area (Å²) in [6, 6.07) is 16.1. The number of para-hydroxylation sites is 2. The molecule has 0 saturated carbocycles. The van der Waals surface area contributed by atoms with Crippen molar-refractivity contribution < 1.29 is 4.79 Å². The lowest BCUT2D eigenvalue weighted by atomic mass is 10.1. The minimum atomic E-state index is -0.129. The molecule has 0 aliphatic rings. The predicted octanol–water partition coefficient (Wildman–Crippen LogP) is 4.95. The fourth-order valence-corrected chi connectivity index (χ4v) is 3.52. The standard InChI is InChI=1S/C23H29N3O/c1-4-5-10-15-26-21-14-9-8-13-20(21)25-23(26)18(3)24-22(27)16-19-12-7-6-11-17(19)2/h6-9,11-14,18H,4-5,10,15-16H2,1-3H3,(H,24,27). The van der Waals surface area contributed by atoms with E-state index < -0.39 is 0 Å². The topological polar surface area (TPSA) is 46.9 Å². The summed E-state index contributed by atoms with van der Waals surface area (Å²) in [6.45, 7) is 7.20. The largest absolute Gasteiger partial charge is 0.346 e. The van der Waals surface area contributed by atoms with Gasteiger partial charge in [0.2, 0.25) is 5.91 Å². The monoisotopic (exact) mass is 363 g/mol. The first-order chi connectivity index (χ1) is 13.1. The summed E-state index contributed by atoms with van der Waals surface area (Å²) in [4.78, 5) is 17.4. The van der Waals surface area contributed by atoms with Gasteiger partial charge in [0.25, 0.3) is 0 Å². The molecule has 4 heteroatoms. The van der Waals surface area contributed by atoms with Gasteiger partial charge >= 0.3 is 0 Å². The minimum Gasteiger partial charge on any atom is -0.346 e. The van der Waals surface area contributed by atoms with Crippen LogP contribution in [0, 0.1) is 6.92 Å². The molecule has 0 aliphatic carbocycles. The van der Waals surface area contributed by atoms with Crippen molar-refractivity contribution in [3.8, 4) is 0 Å². The zero-order valence-corrected chi connectivity index (χ0v) is 16.5. The van der Waals surface area contributed by atoms with Gasteiger partial charge in [-0.1, -0.05) is 56.2 Å². The molecule has 0 radical (unpaired) electrons. The van der Waals surface area contributed by atoms with E-state index in [9.17, 15) is 4.79 Å². The van der Waals surface area contributed by atoms with Crippen molar-refractivity contribution in [3.63, 3.8) is 0 Å². The van der Waals surface area contributed by atoms with Gasteiger partial charge in [-0.3, -0.25) is 4.79 Å². The van der Waals surface area contributed by atoms with Gasteiger partial charge in [-0.2, -0.15) is 0 Å². The van der Waals surface area contributed by atoms with Gasteiger partial charge in [-0.15, -0.1) is 0 Å². The Morgan fingerprint density at radius 1 is 1.11 bits per heavy atom. The lowest BCUT2D eigenvalue weighted by molar-refractivity contribution is -0.121. The maximum Gasteiger partial charge on any atom is 0.225 e. The maximum atomic E-state index is 12.6. The molecule has 1 unspecified atom stereocenters. The first-order valence-corrected chi connectivity index (χ1v) is 9.89. The van der Waals surface area contributed by atoms with Crippen LogP contribution in [0.1, 0.15) is 56.1 Å². The normalized spacial score (nSPS) is 12.3. The van der Waals surface area contributed by atoms with Crippen molar-refractivity contribution in [2.45, 2.75) is 59.0 Å². The molecule has 142 valence electrons. The predicted molar refractivity (Wildman–Crippen MR) is 111 cm³/mol. The SMILES string of the molecule is CCCCCn1c(C(C)NC(=O)Cc2ccccc2C)nc2ccccc21. The fraction of sp³-hybridized carbons (Fsp3) is 0.391. The Hall–Kier alpha value is -2.62. The third-order valence-corrected chi connectivity index (χ3v) is 5.05. The zero-order chi connectivity index (χ0) is 19.2. The average molecular weight is 364 g/mol. The van der Waals surface area contributed by atoms with Crippen molar-refractivity contribution >= 4 is 16.9 Å². The highest BCUT2D eigenvalue weighted by atomic mass is 16.1. The number of carbonyl (C=O) groups is 1. The van der Waals surface area contributed by atoms with Crippen LogP contribution in [-0.4, -0.2) is 15.5 Å². The molecule has 1 N–H and O–H groups in total. The Balaban J connectivity index is 1.78. The van der Waals surface area contributed by atoms with E-state index in [4.69, 9.17) is 4.98 Å². The van der Waals surface area contributed by atoms with Gasteiger partial charge < -0.3 is 9.88 Å². The summed E-state index contributed by atoms with van der Waals surface area (Å²) in [5.74, 6) is 0.967. The zero-order valence-electron chi connectivity index (χ0n) is 16.5. The third kappa shape index (κ3) is 4.57. The van der Waals surface area contributed by atoms with Gasteiger partial charge in [0.15, 0.2) is 0 Å². The molecule has 0 saturated heterocycles. The number of nitrogens with one attached hydrogen (secondary N) is 1. The summed E-state index contributed by atoms with van der Waals surface area (Å²) >= 11 is 0. The molecule has 2 aromatic carbocycles. The summed E-state index contributed by atoms with van der Waals surface area (Å²) in [5.41, 5.74) is 4.35. The number of carbonyl (C=O) groups excluding carboxylic acids is 1. The van der Waals surface area contributed by atoms with Crippen LogP contribution >= 0.6 is 0 Å². The number of aromatic nitrogens is 2. The molecular weight excluding hydrogens is 334 g/mol. The molecule has 1 aromatic heterocycles. The highest BCUT2D eigenvalue weighted by molar-refractivity contribution is 5.80. The van der Waals surface area contributed by atoms with Crippen molar-refractivity contribution in [3.05, 3.63) is 65.5 Å². The minimum absolute atomic E-state index is 0.0314. The molecule has 0 spiro atoms. The number of amides is 1. The van der Waals surface area contributed by atoms with Crippen LogP contribution in [-0.2, 0) is 17.8 Å².